The highest BCUT2D eigenvalue weighted by atomic mass is 16.3. The third-order valence-corrected chi connectivity index (χ3v) is 8.45. The van der Waals surface area contributed by atoms with Gasteiger partial charge in [-0.25, -0.2) is 0 Å². The van der Waals surface area contributed by atoms with Gasteiger partial charge in [-0.05, 0) is 74.6 Å². The summed E-state index contributed by atoms with van der Waals surface area (Å²) in [6.45, 7) is 5.12. The molecule has 1 amide bonds. The summed E-state index contributed by atoms with van der Waals surface area (Å²) in [5, 5.41) is 33.2. The van der Waals surface area contributed by atoms with Gasteiger partial charge in [0.1, 0.15) is 22.8 Å². The summed E-state index contributed by atoms with van der Waals surface area (Å²) in [6, 6.07) is 4.44. The Hall–Kier alpha value is -4.28. The summed E-state index contributed by atoms with van der Waals surface area (Å²) < 4.78 is 0. The number of nitrogens with zero attached hydrogens (tertiary/aromatic N) is 3. The Bertz CT molecular complexity index is 1540. The first-order chi connectivity index (χ1) is 19.5. The molecule has 0 radical (unpaired) electrons. The monoisotopic (exact) mass is 558 g/mol. The van der Waals surface area contributed by atoms with Gasteiger partial charge in [-0.3, -0.25) is 29.2 Å². The van der Waals surface area contributed by atoms with Gasteiger partial charge in [-0.2, -0.15) is 0 Å². The molecule has 5 N–H and O–H groups in total. The Balaban J connectivity index is 1.61. The second-order valence-electron chi connectivity index (χ2n) is 11.4. The number of hydrogen-bond acceptors (Lipinski definition) is 9. The van der Waals surface area contributed by atoms with Crippen molar-refractivity contribution in [2.24, 2.45) is 23.5 Å². The first kappa shape index (κ1) is 28.3. The number of phenolic OH excluding ortho intramolecular Hbond substituents is 1. The minimum atomic E-state index is -1.21. The quantitative estimate of drug-likeness (QED) is 0.296. The van der Waals surface area contributed by atoms with Crippen LogP contribution >= 0.6 is 0 Å². The maximum absolute atomic E-state index is 13.9. The van der Waals surface area contributed by atoms with Gasteiger partial charge in [-0.1, -0.05) is 12.1 Å². The normalized spacial score (nSPS) is 23.9. The molecule has 0 bridgehead atoms. The van der Waals surface area contributed by atoms with Crippen molar-refractivity contribution >= 4 is 17.5 Å². The molecule has 1 aromatic heterocycles. The van der Waals surface area contributed by atoms with E-state index in [2.05, 4.69) is 16.5 Å². The first-order valence-corrected chi connectivity index (χ1v) is 13.5. The van der Waals surface area contributed by atoms with Crippen molar-refractivity contribution in [2.75, 3.05) is 27.7 Å². The zero-order valence-corrected chi connectivity index (χ0v) is 23.3. The van der Waals surface area contributed by atoms with Crippen molar-refractivity contribution in [1.29, 1.82) is 0 Å². The number of Topliss-reactive ketones (excluding diaryl/α,β-unsaturated/α-hetero) is 2. The van der Waals surface area contributed by atoms with Gasteiger partial charge in [0.05, 0.1) is 17.5 Å². The second-order valence-corrected chi connectivity index (χ2v) is 11.4. The minimum Gasteiger partial charge on any atom is -0.511 e. The number of primary amides is 1. The molecule has 0 aliphatic heterocycles. The van der Waals surface area contributed by atoms with Crippen molar-refractivity contribution in [2.45, 2.75) is 25.4 Å². The molecule has 10 nitrogen and oxygen atoms in total. The van der Waals surface area contributed by atoms with Crippen LogP contribution in [0.2, 0.25) is 0 Å². The number of aromatic hydroxyl groups is 1. The van der Waals surface area contributed by atoms with E-state index in [-0.39, 0.29) is 16.9 Å². The molecule has 1 heterocycles. The fraction of sp³-hybridized carbons (Fsp3) is 0.355. The fourth-order valence-electron chi connectivity index (χ4n) is 6.86. The van der Waals surface area contributed by atoms with Gasteiger partial charge in [-0.15, -0.1) is 6.58 Å². The zero-order chi connectivity index (χ0) is 29.7. The van der Waals surface area contributed by atoms with Crippen LogP contribution in [0.1, 0.15) is 27.9 Å². The number of pyridine rings is 1. The smallest absolute Gasteiger partial charge is 0.255 e. The zero-order valence-electron chi connectivity index (χ0n) is 23.3. The van der Waals surface area contributed by atoms with Gasteiger partial charge in [0.15, 0.2) is 11.6 Å². The molecule has 3 aliphatic rings. The largest absolute Gasteiger partial charge is 0.511 e. The number of aromatic nitrogens is 1. The van der Waals surface area contributed by atoms with Crippen LogP contribution in [0.4, 0.5) is 0 Å². The average molecular weight is 559 g/mol. The summed E-state index contributed by atoms with van der Waals surface area (Å²) in [5.41, 5.74) is 8.15. The predicted molar refractivity (Wildman–Crippen MR) is 152 cm³/mol. The molecule has 0 saturated carbocycles. The number of likely N-dealkylation sites (N-methyl/N-ethyl adjacent to an activating group) is 2. The predicted octanol–water partition coefficient (Wildman–Crippen LogP) is 2.69. The molecule has 2 aromatic rings. The van der Waals surface area contributed by atoms with Crippen molar-refractivity contribution in [3.05, 3.63) is 82.6 Å². The lowest BCUT2D eigenvalue weighted by Gasteiger charge is -2.46. The standard InChI is InChI=1S/C31H34N4O6/c1-5-8-35(4)14-15-9-17(13-33-12-15)18-6-7-21(36)23-19(18)10-16-11-20-24(28(38)22(16)27(23)37)29(39)25(31(32)41)30(40)26(20)34(2)3/h5-7,9,12-13,16,20,24,26,36,38,40H,1,8,10-11,14H2,2-4H3,(H2,32,41)/t16?,20?,24?,26-/m0/s1. The van der Waals surface area contributed by atoms with Crippen LogP contribution in [0.15, 0.2) is 65.9 Å². The lowest BCUT2D eigenvalue weighted by molar-refractivity contribution is -0.127. The highest BCUT2D eigenvalue weighted by molar-refractivity contribution is 6.22. The van der Waals surface area contributed by atoms with Crippen LogP contribution in [0, 0.1) is 17.8 Å². The molecule has 1 aromatic carbocycles. The van der Waals surface area contributed by atoms with E-state index >= 15 is 0 Å². The van der Waals surface area contributed by atoms with E-state index in [4.69, 9.17) is 5.73 Å². The van der Waals surface area contributed by atoms with E-state index in [0.717, 1.165) is 16.7 Å². The number of aliphatic hydroxyl groups is 2. The molecule has 0 fully saturated rings. The molecule has 214 valence electrons. The summed E-state index contributed by atoms with van der Waals surface area (Å²) in [4.78, 5) is 47.6. The summed E-state index contributed by atoms with van der Waals surface area (Å²) in [7, 11) is 5.38. The summed E-state index contributed by atoms with van der Waals surface area (Å²) in [6.07, 6.45) is 5.92. The van der Waals surface area contributed by atoms with Crippen molar-refractivity contribution in [3.8, 4) is 16.9 Å². The molecule has 5 rings (SSSR count). The second kappa shape index (κ2) is 10.6. The number of allylic oxidation sites excluding steroid dienone is 2. The Morgan fingerprint density at radius 1 is 1.15 bits per heavy atom. The van der Waals surface area contributed by atoms with Crippen molar-refractivity contribution in [3.63, 3.8) is 0 Å². The van der Waals surface area contributed by atoms with Crippen LogP contribution < -0.4 is 5.73 Å². The van der Waals surface area contributed by atoms with E-state index in [1.165, 1.54) is 6.07 Å². The Morgan fingerprint density at radius 3 is 2.54 bits per heavy atom. The fourth-order valence-corrected chi connectivity index (χ4v) is 6.86. The summed E-state index contributed by atoms with van der Waals surface area (Å²) >= 11 is 0. The van der Waals surface area contributed by atoms with Gasteiger partial charge >= 0.3 is 0 Å². The van der Waals surface area contributed by atoms with Gasteiger partial charge in [0, 0.05) is 36.6 Å². The number of rotatable bonds is 7. The van der Waals surface area contributed by atoms with Gasteiger partial charge in [0.25, 0.3) is 5.91 Å². The number of nitrogens with two attached hydrogens (primary N) is 1. The van der Waals surface area contributed by atoms with E-state index < -0.39 is 58.4 Å². The number of fused-ring (bicyclic) bond motifs is 3. The number of carbonyl (C=O) groups is 3. The number of benzene rings is 1. The van der Waals surface area contributed by atoms with Crippen molar-refractivity contribution < 1.29 is 29.7 Å². The number of hydrogen-bond donors (Lipinski definition) is 4. The third-order valence-electron chi connectivity index (χ3n) is 8.45. The molecule has 3 unspecified atom stereocenters. The lowest BCUT2D eigenvalue weighted by atomic mass is 9.60. The average Bonchev–Trinajstić information content (AvgIpc) is 2.88. The Morgan fingerprint density at radius 2 is 1.88 bits per heavy atom. The SMILES string of the molecule is C=CCN(C)Cc1cncc(-c2ccc(O)c3c2CC2CC4C(C(=O)C(C(N)=O)=C(O)[C@H]4N(C)C)C(O)=C2C3=O)c1. The van der Waals surface area contributed by atoms with Crippen LogP contribution in [0.3, 0.4) is 0 Å². The Labute approximate surface area is 238 Å². The van der Waals surface area contributed by atoms with E-state index in [1.54, 1.807) is 37.5 Å². The minimum absolute atomic E-state index is 0.0557. The molecule has 41 heavy (non-hydrogen) atoms. The molecular formula is C31H34N4O6. The van der Waals surface area contributed by atoms with E-state index in [1.807, 2.05) is 19.2 Å². The van der Waals surface area contributed by atoms with Crippen LogP contribution in [-0.2, 0) is 22.6 Å². The molecule has 4 atom stereocenters. The molecule has 0 spiro atoms. The molecule has 10 heteroatoms. The highest BCUT2D eigenvalue weighted by Crippen LogP contribution is 2.51. The Kier molecular flexibility index (Phi) is 7.31. The van der Waals surface area contributed by atoms with Crippen LogP contribution in [0.25, 0.3) is 11.1 Å². The van der Waals surface area contributed by atoms with Crippen LogP contribution in [0.5, 0.6) is 5.75 Å². The van der Waals surface area contributed by atoms with Gasteiger partial charge < -0.3 is 21.1 Å². The van der Waals surface area contributed by atoms with E-state index in [0.29, 0.717) is 31.5 Å². The lowest BCUT2D eigenvalue weighted by Crippen LogP contribution is -2.53. The number of carbonyl (C=O) groups excluding carboxylic acids is 3. The third kappa shape index (κ3) is 4.62. The number of ketones is 2. The topological polar surface area (TPSA) is 157 Å². The molecule has 0 saturated heterocycles. The first-order valence-electron chi connectivity index (χ1n) is 13.5. The maximum atomic E-state index is 13.9. The van der Waals surface area contributed by atoms with Gasteiger partial charge in [0.2, 0.25) is 0 Å². The van der Waals surface area contributed by atoms with E-state index in [9.17, 15) is 29.7 Å². The summed E-state index contributed by atoms with van der Waals surface area (Å²) in [5.74, 6) is -5.82. The number of aliphatic hydroxyl groups excluding tert-OH is 2. The van der Waals surface area contributed by atoms with Crippen LogP contribution in [-0.4, -0.2) is 81.3 Å². The molecule has 3 aliphatic carbocycles. The number of phenols is 1. The highest BCUT2D eigenvalue weighted by Gasteiger charge is 2.54. The molecular weight excluding hydrogens is 524 g/mol. The number of amides is 1. The maximum Gasteiger partial charge on any atom is 0.255 e. The van der Waals surface area contributed by atoms with Crippen molar-refractivity contribution in [1.82, 2.24) is 14.8 Å².